The van der Waals surface area contributed by atoms with E-state index in [1.165, 1.54) is 33.4 Å². The summed E-state index contributed by atoms with van der Waals surface area (Å²) in [4.78, 5) is 27.1. The number of anilines is 1. The molecule has 0 radical (unpaired) electrons. The Hall–Kier alpha value is -2.96. The number of hydrogen-bond acceptors (Lipinski definition) is 6. The van der Waals surface area contributed by atoms with Gasteiger partial charge in [0.05, 0.1) is 4.91 Å². The van der Waals surface area contributed by atoms with E-state index in [0.717, 1.165) is 5.56 Å². The van der Waals surface area contributed by atoms with Crippen LogP contribution in [0.1, 0.15) is 29.2 Å². The Balaban J connectivity index is 2.15. The van der Waals surface area contributed by atoms with Crippen LogP contribution in [-0.4, -0.2) is 26.7 Å². The molecule has 1 fully saturated rings. The molecule has 1 amide bonds. The number of halogens is 1. The number of carbonyl (C=O) groups excluding carboxylic acids is 1. The van der Waals surface area contributed by atoms with Crippen LogP contribution in [0, 0.1) is 24.1 Å². The number of thioether (sulfide) groups is 1. The van der Waals surface area contributed by atoms with Gasteiger partial charge in [0.2, 0.25) is 0 Å². The van der Waals surface area contributed by atoms with Gasteiger partial charge in [-0.2, -0.15) is 5.26 Å². The van der Waals surface area contributed by atoms with E-state index in [4.69, 9.17) is 12.2 Å². The number of amides is 1. The molecular formula is C21H19FN4O2S2. The van der Waals surface area contributed by atoms with Crippen molar-refractivity contribution < 1.29 is 9.18 Å². The van der Waals surface area contributed by atoms with E-state index in [1.54, 1.807) is 39.1 Å². The van der Waals surface area contributed by atoms with Gasteiger partial charge in [0, 0.05) is 25.7 Å². The lowest BCUT2D eigenvalue weighted by Crippen LogP contribution is -2.27. The summed E-state index contributed by atoms with van der Waals surface area (Å²) in [6, 6.07) is 8.00. The second-order valence-electron chi connectivity index (χ2n) is 6.64. The van der Waals surface area contributed by atoms with Gasteiger partial charge in [0.15, 0.2) is 0 Å². The van der Waals surface area contributed by atoms with Crippen LogP contribution in [0.25, 0.3) is 6.08 Å². The van der Waals surface area contributed by atoms with E-state index in [2.05, 4.69) is 5.32 Å². The SMILES string of the molecule is CCn1c(NCc2ccc(F)cc2)c(/C=C2/SC(=S)N(C)C2=O)c(C)c(C#N)c1=O. The molecule has 1 aliphatic heterocycles. The number of hydrogen-bond donors (Lipinski definition) is 1. The molecule has 0 saturated carbocycles. The van der Waals surface area contributed by atoms with Gasteiger partial charge >= 0.3 is 0 Å². The number of aromatic nitrogens is 1. The minimum atomic E-state index is -0.403. The highest BCUT2D eigenvalue weighted by Gasteiger charge is 2.30. The Morgan fingerprint density at radius 1 is 1.30 bits per heavy atom. The van der Waals surface area contributed by atoms with Crippen molar-refractivity contribution in [1.29, 1.82) is 5.26 Å². The number of benzene rings is 1. The van der Waals surface area contributed by atoms with Crippen LogP contribution in [0.4, 0.5) is 10.2 Å². The van der Waals surface area contributed by atoms with Crippen LogP contribution in [0.15, 0.2) is 34.0 Å². The number of nitriles is 1. The maximum absolute atomic E-state index is 13.2. The van der Waals surface area contributed by atoms with E-state index in [9.17, 15) is 19.2 Å². The zero-order chi connectivity index (χ0) is 22.0. The topological polar surface area (TPSA) is 78.1 Å². The third-order valence-corrected chi connectivity index (χ3v) is 6.31. The molecule has 3 rings (SSSR count). The van der Waals surface area contributed by atoms with Crippen molar-refractivity contribution >= 4 is 46.1 Å². The van der Waals surface area contributed by atoms with Gasteiger partial charge < -0.3 is 5.32 Å². The van der Waals surface area contributed by atoms with Crippen LogP contribution in [-0.2, 0) is 17.9 Å². The predicted molar refractivity (Wildman–Crippen MR) is 120 cm³/mol. The van der Waals surface area contributed by atoms with Gasteiger partial charge in [-0.05, 0) is 43.2 Å². The number of likely N-dealkylation sites (N-methyl/N-ethyl adjacent to an activating group) is 1. The first-order valence-electron chi connectivity index (χ1n) is 9.15. The Bertz CT molecular complexity index is 1160. The maximum Gasteiger partial charge on any atom is 0.270 e. The molecule has 1 aromatic heterocycles. The van der Waals surface area contributed by atoms with Crippen LogP contribution in [0.5, 0.6) is 0 Å². The minimum absolute atomic E-state index is 0.0300. The molecule has 0 spiro atoms. The minimum Gasteiger partial charge on any atom is -0.367 e. The third-order valence-electron chi connectivity index (χ3n) is 4.83. The fourth-order valence-electron chi connectivity index (χ4n) is 3.12. The fraction of sp³-hybridized carbons (Fsp3) is 0.238. The quantitative estimate of drug-likeness (QED) is 0.563. The lowest BCUT2D eigenvalue weighted by molar-refractivity contribution is -0.121. The van der Waals surface area contributed by atoms with Crippen molar-refractivity contribution in [1.82, 2.24) is 9.47 Å². The first kappa shape index (κ1) is 21.7. The Kier molecular flexibility index (Phi) is 6.39. The number of pyridine rings is 1. The van der Waals surface area contributed by atoms with Crippen molar-refractivity contribution in [2.75, 3.05) is 12.4 Å². The van der Waals surface area contributed by atoms with Gasteiger partial charge in [-0.3, -0.25) is 19.1 Å². The molecule has 154 valence electrons. The summed E-state index contributed by atoms with van der Waals surface area (Å²) in [5, 5.41) is 12.8. The first-order valence-corrected chi connectivity index (χ1v) is 10.4. The van der Waals surface area contributed by atoms with Gasteiger partial charge in [-0.1, -0.05) is 36.1 Å². The molecule has 2 heterocycles. The summed E-state index contributed by atoms with van der Waals surface area (Å²) < 4.78 is 15.1. The van der Waals surface area contributed by atoms with Crippen molar-refractivity contribution in [2.45, 2.75) is 26.9 Å². The molecule has 30 heavy (non-hydrogen) atoms. The third kappa shape index (κ3) is 4.01. The second-order valence-corrected chi connectivity index (χ2v) is 8.32. The van der Waals surface area contributed by atoms with Crippen LogP contribution in [0.3, 0.4) is 0 Å². The molecular weight excluding hydrogens is 423 g/mol. The Morgan fingerprint density at radius 2 is 1.97 bits per heavy atom. The van der Waals surface area contributed by atoms with E-state index >= 15 is 0 Å². The largest absolute Gasteiger partial charge is 0.367 e. The molecule has 0 aliphatic carbocycles. The predicted octanol–water partition coefficient (Wildman–Crippen LogP) is 3.63. The van der Waals surface area contributed by atoms with Gasteiger partial charge in [-0.25, -0.2) is 4.39 Å². The maximum atomic E-state index is 13.2. The first-order chi connectivity index (χ1) is 14.3. The number of nitrogens with zero attached hydrogens (tertiary/aromatic N) is 3. The normalized spacial score (nSPS) is 15.0. The molecule has 0 atom stereocenters. The number of nitrogens with one attached hydrogen (secondary N) is 1. The molecule has 6 nitrogen and oxygen atoms in total. The molecule has 1 aromatic carbocycles. The van der Waals surface area contributed by atoms with E-state index in [1.807, 2.05) is 6.07 Å². The molecule has 1 aliphatic rings. The summed E-state index contributed by atoms with van der Waals surface area (Å²) in [5.41, 5.74) is 1.50. The molecule has 0 unspecified atom stereocenters. The molecule has 1 N–H and O–H groups in total. The number of carbonyl (C=O) groups is 1. The Morgan fingerprint density at radius 3 is 2.50 bits per heavy atom. The fourth-order valence-corrected chi connectivity index (χ4v) is 4.28. The highest BCUT2D eigenvalue weighted by atomic mass is 32.2. The lowest BCUT2D eigenvalue weighted by Gasteiger charge is -2.19. The summed E-state index contributed by atoms with van der Waals surface area (Å²) in [6.45, 7) is 4.15. The average molecular weight is 443 g/mol. The summed E-state index contributed by atoms with van der Waals surface area (Å²) in [6.07, 6.45) is 1.66. The van der Waals surface area contributed by atoms with Crippen LogP contribution in [0.2, 0.25) is 0 Å². The van der Waals surface area contributed by atoms with E-state index < -0.39 is 5.56 Å². The smallest absolute Gasteiger partial charge is 0.270 e. The zero-order valence-corrected chi connectivity index (χ0v) is 18.3. The number of thiocarbonyl (C=S) groups is 1. The van der Waals surface area contributed by atoms with E-state index in [-0.39, 0.29) is 17.3 Å². The molecule has 1 saturated heterocycles. The highest BCUT2D eigenvalue weighted by Crippen LogP contribution is 2.34. The highest BCUT2D eigenvalue weighted by molar-refractivity contribution is 8.26. The van der Waals surface area contributed by atoms with Crippen molar-refractivity contribution in [3.05, 3.63) is 67.6 Å². The van der Waals surface area contributed by atoms with Gasteiger partial charge in [0.1, 0.15) is 27.6 Å². The summed E-state index contributed by atoms with van der Waals surface area (Å²) in [7, 11) is 1.60. The van der Waals surface area contributed by atoms with Gasteiger partial charge in [0.25, 0.3) is 11.5 Å². The standard InChI is InChI=1S/C21H19FN4O2S2/c1-4-26-18(24-11-13-5-7-14(22)8-6-13)15(12(2)16(10-23)19(26)27)9-17-20(28)25(3)21(29)30-17/h5-9,24H,4,11H2,1-3H3/b17-9+. The van der Waals surface area contributed by atoms with Crippen molar-refractivity contribution in [3.63, 3.8) is 0 Å². The molecule has 2 aromatic rings. The van der Waals surface area contributed by atoms with Crippen LogP contribution < -0.4 is 10.9 Å². The Labute approximate surface area is 183 Å². The lowest BCUT2D eigenvalue weighted by atomic mass is 10.0. The molecule has 9 heteroatoms. The average Bonchev–Trinajstić information content (AvgIpc) is 2.97. The monoisotopic (exact) mass is 442 g/mol. The van der Waals surface area contributed by atoms with E-state index in [0.29, 0.717) is 39.3 Å². The summed E-state index contributed by atoms with van der Waals surface area (Å²) >= 11 is 6.37. The number of rotatable bonds is 5. The summed E-state index contributed by atoms with van der Waals surface area (Å²) in [5.74, 6) is -0.0768. The van der Waals surface area contributed by atoms with Crippen molar-refractivity contribution in [2.24, 2.45) is 0 Å². The van der Waals surface area contributed by atoms with Crippen LogP contribution >= 0.6 is 24.0 Å². The zero-order valence-electron chi connectivity index (χ0n) is 16.7. The van der Waals surface area contributed by atoms with Gasteiger partial charge in [-0.15, -0.1) is 0 Å². The molecule has 0 bridgehead atoms. The second kappa shape index (κ2) is 8.81. The van der Waals surface area contributed by atoms with Crippen molar-refractivity contribution in [3.8, 4) is 6.07 Å².